The Bertz CT molecular complexity index is 295. The fraction of sp³-hybridized carbons (Fsp3) is 0.667. The maximum atomic E-state index is 5.84. The zero-order valence-electron chi connectivity index (χ0n) is 8.79. The minimum absolute atomic E-state index is 0.613. The van der Waals surface area contributed by atoms with Crippen LogP contribution in [0.3, 0.4) is 0 Å². The predicted molar refractivity (Wildman–Crippen MR) is 62.9 cm³/mol. The van der Waals surface area contributed by atoms with Gasteiger partial charge in [0.15, 0.2) is 0 Å². The summed E-state index contributed by atoms with van der Waals surface area (Å²) < 4.78 is 1.51. The number of nitrogen functional groups attached to an aromatic ring is 2. The van der Waals surface area contributed by atoms with Gasteiger partial charge in [-0.3, -0.25) is 0 Å². The van der Waals surface area contributed by atoms with Gasteiger partial charge in [-0.15, -0.1) is 0 Å². The van der Waals surface area contributed by atoms with Gasteiger partial charge in [-0.25, -0.2) is 9.66 Å². The molecule has 0 fully saturated rings. The van der Waals surface area contributed by atoms with Gasteiger partial charge in [0, 0.05) is 12.8 Å². The third kappa shape index (κ3) is 2.35. The first-order valence-electron chi connectivity index (χ1n) is 4.80. The first kappa shape index (κ1) is 11.2. The van der Waals surface area contributed by atoms with Crippen LogP contribution < -0.4 is 11.6 Å². The Morgan fingerprint density at radius 2 is 2.14 bits per heavy atom. The average molecular weight is 214 g/mol. The lowest BCUT2D eigenvalue weighted by atomic mass is 10.3. The van der Waals surface area contributed by atoms with E-state index in [2.05, 4.69) is 18.2 Å². The summed E-state index contributed by atoms with van der Waals surface area (Å²) in [7, 11) is 0. The lowest BCUT2D eigenvalue weighted by Gasteiger charge is -2.00. The molecule has 4 nitrogen and oxygen atoms in total. The highest BCUT2D eigenvalue weighted by Crippen LogP contribution is 2.14. The summed E-state index contributed by atoms with van der Waals surface area (Å²) in [5, 5.41) is 0. The minimum Gasteiger partial charge on any atom is -0.382 e. The highest BCUT2D eigenvalue weighted by molar-refractivity contribution is 7.98. The summed E-state index contributed by atoms with van der Waals surface area (Å²) in [4.78, 5) is 4.44. The van der Waals surface area contributed by atoms with Gasteiger partial charge in [-0.1, -0.05) is 6.92 Å². The lowest BCUT2D eigenvalue weighted by Crippen LogP contribution is -2.15. The molecule has 0 amide bonds. The molecule has 14 heavy (non-hydrogen) atoms. The van der Waals surface area contributed by atoms with Crippen LogP contribution in [0.15, 0.2) is 0 Å². The standard InChI is InChI=1S/C9H18N4S/c1-3-4-8-12-7(5-6-14-2)9(10)13(8)11/h3-6,10-11H2,1-2H3. The maximum Gasteiger partial charge on any atom is 0.146 e. The van der Waals surface area contributed by atoms with Gasteiger partial charge in [-0.05, 0) is 18.4 Å². The number of thioether (sulfide) groups is 1. The Morgan fingerprint density at radius 3 is 2.71 bits per heavy atom. The molecule has 0 saturated heterocycles. The summed E-state index contributed by atoms with van der Waals surface area (Å²) in [5.41, 5.74) is 6.78. The highest BCUT2D eigenvalue weighted by atomic mass is 32.2. The summed E-state index contributed by atoms with van der Waals surface area (Å²) in [5.74, 6) is 8.32. The maximum absolute atomic E-state index is 5.84. The number of hydrogen-bond donors (Lipinski definition) is 2. The van der Waals surface area contributed by atoms with Crippen LogP contribution in [0.4, 0.5) is 5.82 Å². The van der Waals surface area contributed by atoms with Gasteiger partial charge in [0.25, 0.3) is 0 Å². The third-order valence-corrected chi connectivity index (χ3v) is 2.73. The van der Waals surface area contributed by atoms with Crippen molar-refractivity contribution in [3.05, 3.63) is 11.5 Å². The monoisotopic (exact) mass is 214 g/mol. The van der Waals surface area contributed by atoms with Gasteiger partial charge in [0.1, 0.15) is 11.6 Å². The zero-order chi connectivity index (χ0) is 10.6. The van der Waals surface area contributed by atoms with Crippen molar-refractivity contribution in [3.8, 4) is 0 Å². The SMILES string of the molecule is CCCc1nc(CCSC)c(N)n1N. The van der Waals surface area contributed by atoms with E-state index < -0.39 is 0 Å². The summed E-state index contributed by atoms with van der Waals surface area (Å²) in [6.45, 7) is 2.10. The van der Waals surface area contributed by atoms with Crippen molar-refractivity contribution in [1.29, 1.82) is 0 Å². The number of nitrogens with zero attached hydrogens (tertiary/aromatic N) is 2. The molecular weight excluding hydrogens is 196 g/mol. The molecule has 0 bridgehead atoms. The van der Waals surface area contributed by atoms with Gasteiger partial charge in [0.2, 0.25) is 0 Å². The minimum atomic E-state index is 0.613. The Hall–Kier alpha value is -0.840. The Labute approximate surface area is 89.0 Å². The van der Waals surface area contributed by atoms with Crippen molar-refractivity contribution in [2.24, 2.45) is 0 Å². The summed E-state index contributed by atoms with van der Waals surface area (Å²) >= 11 is 1.79. The molecule has 80 valence electrons. The summed E-state index contributed by atoms with van der Waals surface area (Å²) in [6, 6.07) is 0. The molecule has 0 aliphatic rings. The lowest BCUT2D eigenvalue weighted by molar-refractivity contribution is 0.792. The van der Waals surface area contributed by atoms with Crippen LogP contribution in [0.1, 0.15) is 24.9 Å². The quantitative estimate of drug-likeness (QED) is 0.718. The van der Waals surface area contributed by atoms with E-state index in [1.165, 1.54) is 4.68 Å². The topological polar surface area (TPSA) is 69.9 Å². The van der Waals surface area contributed by atoms with E-state index >= 15 is 0 Å². The van der Waals surface area contributed by atoms with Crippen molar-refractivity contribution in [2.45, 2.75) is 26.2 Å². The van der Waals surface area contributed by atoms with Crippen molar-refractivity contribution < 1.29 is 0 Å². The van der Waals surface area contributed by atoms with Crippen molar-refractivity contribution in [2.75, 3.05) is 23.6 Å². The Kier molecular flexibility index (Phi) is 4.13. The largest absolute Gasteiger partial charge is 0.382 e. The van der Waals surface area contributed by atoms with Gasteiger partial charge >= 0.3 is 0 Å². The van der Waals surface area contributed by atoms with Crippen LogP contribution in [-0.4, -0.2) is 21.7 Å². The second-order valence-electron chi connectivity index (χ2n) is 3.22. The van der Waals surface area contributed by atoms with Gasteiger partial charge in [-0.2, -0.15) is 11.8 Å². The fourth-order valence-corrected chi connectivity index (χ4v) is 1.73. The Morgan fingerprint density at radius 1 is 1.43 bits per heavy atom. The normalized spacial score (nSPS) is 10.7. The number of imidazole rings is 1. The molecule has 0 aliphatic heterocycles. The van der Waals surface area contributed by atoms with E-state index in [9.17, 15) is 0 Å². The van der Waals surface area contributed by atoms with E-state index in [0.717, 1.165) is 36.5 Å². The molecule has 4 N–H and O–H groups in total. The van der Waals surface area contributed by atoms with E-state index in [4.69, 9.17) is 11.6 Å². The number of aromatic nitrogens is 2. The first-order valence-corrected chi connectivity index (χ1v) is 6.20. The molecule has 0 unspecified atom stereocenters. The molecular formula is C9H18N4S. The molecule has 0 radical (unpaired) electrons. The molecule has 1 heterocycles. The van der Waals surface area contributed by atoms with Crippen LogP contribution in [-0.2, 0) is 12.8 Å². The molecule has 0 saturated carbocycles. The fourth-order valence-electron chi connectivity index (χ4n) is 1.33. The molecule has 0 spiro atoms. The zero-order valence-corrected chi connectivity index (χ0v) is 9.60. The molecule has 1 rings (SSSR count). The number of aryl methyl sites for hydroxylation is 2. The van der Waals surface area contributed by atoms with Crippen LogP contribution in [0.25, 0.3) is 0 Å². The summed E-state index contributed by atoms with van der Waals surface area (Å²) in [6.07, 6.45) is 4.89. The van der Waals surface area contributed by atoms with Gasteiger partial charge in [0.05, 0.1) is 5.69 Å². The van der Waals surface area contributed by atoms with Crippen molar-refractivity contribution >= 4 is 17.6 Å². The second kappa shape index (κ2) is 5.14. The van der Waals surface area contributed by atoms with E-state index in [1.807, 2.05) is 0 Å². The van der Waals surface area contributed by atoms with E-state index in [0.29, 0.717) is 5.82 Å². The predicted octanol–water partition coefficient (Wildman–Crippen LogP) is 1.04. The number of hydrogen-bond acceptors (Lipinski definition) is 4. The number of nitrogens with two attached hydrogens (primary N) is 2. The molecule has 1 aromatic heterocycles. The first-order chi connectivity index (χ1) is 6.70. The van der Waals surface area contributed by atoms with Crippen molar-refractivity contribution in [1.82, 2.24) is 9.66 Å². The van der Waals surface area contributed by atoms with Crippen LogP contribution in [0, 0.1) is 0 Å². The molecule has 0 atom stereocenters. The van der Waals surface area contributed by atoms with Crippen LogP contribution in [0.2, 0.25) is 0 Å². The molecule has 0 aliphatic carbocycles. The number of anilines is 1. The smallest absolute Gasteiger partial charge is 0.146 e. The Balaban J connectivity index is 2.79. The van der Waals surface area contributed by atoms with E-state index in [-0.39, 0.29) is 0 Å². The number of rotatable bonds is 5. The van der Waals surface area contributed by atoms with Crippen molar-refractivity contribution in [3.63, 3.8) is 0 Å². The average Bonchev–Trinajstić information content (AvgIpc) is 2.44. The molecule has 0 aromatic carbocycles. The van der Waals surface area contributed by atoms with E-state index in [1.54, 1.807) is 11.8 Å². The van der Waals surface area contributed by atoms with Crippen LogP contribution in [0.5, 0.6) is 0 Å². The molecule has 5 heteroatoms. The molecule has 1 aromatic rings. The van der Waals surface area contributed by atoms with Gasteiger partial charge < -0.3 is 11.6 Å². The highest BCUT2D eigenvalue weighted by Gasteiger charge is 2.11. The van der Waals surface area contributed by atoms with Crippen LogP contribution >= 0.6 is 11.8 Å². The second-order valence-corrected chi connectivity index (χ2v) is 4.21. The third-order valence-electron chi connectivity index (χ3n) is 2.11.